The zero-order valence-corrected chi connectivity index (χ0v) is 12.6. The standard InChI is InChI=1S/C13H20N2O3S/c1-5-13(6-2,7-10(16)17)15-12(18)11-8(3)19-9(4)14-11/h5-7H2,1-4H3,(H,15,18)(H,16,17). The zero-order chi connectivity index (χ0) is 14.6. The van der Waals surface area contributed by atoms with Gasteiger partial charge in [0.2, 0.25) is 0 Å². The third-order valence-electron chi connectivity index (χ3n) is 3.34. The lowest BCUT2D eigenvalue weighted by molar-refractivity contribution is -0.138. The van der Waals surface area contributed by atoms with Crippen LogP contribution < -0.4 is 5.32 Å². The van der Waals surface area contributed by atoms with Gasteiger partial charge in [0.25, 0.3) is 5.91 Å². The van der Waals surface area contributed by atoms with Gasteiger partial charge in [-0.25, -0.2) is 4.98 Å². The Bertz CT molecular complexity index is 478. The van der Waals surface area contributed by atoms with E-state index >= 15 is 0 Å². The van der Waals surface area contributed by atoms with Gasteiger partial charge in [0.1, 0.15) is 5.69 Å². The topological polar surface area (TPSA) is 79.3 Å². The molecule has 0 radical (unpaired) electrons. The molecule has 0 saturated carbocycles. The van der Waals surface area contributed by atoms with E-state index in [9.17, 15) is 9.59 Å². The van der Waals surface area contributed by atoms with Crippen molar-refractivity contribution in [1.82, 2.24) is 10.3 Å². The molecule has 0 fully saturated rings. The van der Waals surface area contributed by atoms with Crippen molar-refractivity contribution < 1.29 is 14.7 Å². The van der Waals surface area contributed by atoms with Crippen LogP contribution in [0.5, 0.6) is 0 Å². The highest BCUT2D eigenvalue weighted by Crippen LogP contribution is 2.22. The lowest BCUT2D eigenvalue weighted by Crippen LogP contribution is -2.49. The summed E-state index contributed by atoms with van der Waals surface area (Å²) in [5, 5.41) is 12.7. The number of hydrogen-bond acceptors (Lipinski definition) is 4. The normalized spacial score (nSPS) is 11.4. The van der Waals surface area contributed by atoms with Gasteiger partial charge in [-0.05, 0) is 26.7 Å². The van der Waals surface area contributed by atoms with E-state index in [1.807, 2.05) is 27.7 Å². The molecule has 0 unspecified atom stereocenters. The van der Waals surface area contributed by atoms with Crippen LogP contribution in [0.1, 0.15) is 53.5 Å². The molecule has 1 heterocycles. The molecule has 0 aliphatic heterocycles. The van der Waals surface area contributed by atoms with E-state index in [4.69, 9.17) is 5.11 Å². The number of aliphatic carboxylic acids is 1. The number of thiazole rings is 1. The number of nitrogens with zero attached hydrogens (tertiary/aromatic N) is 1. The van der Waals surface area contributed by atoms with Crippen LogP contribution in [0.2, 0.25) is 0 Å². The molecule has 0 bridgehead atoms. The lowest BCUT2D eigenvalue weighted by atomic mass is 9.89. The van der Waals surface area contributed by atoms with E-state index in [0.717, 1.165) is 9.88 Å². The van der Waals surface area contributed by atoms with Gasteiger partial charge in [-0.2, -0.15) is 0 Å². The van der Waals surface area contributed by atoms with E-state index in [0.29, 0.717) is 18.5 Å². The van der Waals surface area contributed by atoms with Gasteiger partial charge >= 0.3 is 5.97 Å². The molecule has 1 aromatic heterocycles. The minimum Gasteiger partial charge on any atom is -0.481 e. The van der Waals surface area contributed by atoms with E-state index < -0.39 is 11.5 Å². The van der Waals surface area contributed by atoms with Crippen LogP contribution in [-0.2, 0) is 4.79 Å². The van der Waals surface area contributed by atoms with Gasteiger partial charge in [0.05, 0.1) is 17.0 Å². The number of aryl methyl sites for hydroxylation is 2. The van der Waals surface area contributed by atoms with Crippen molar-refractivity contribution in [3.63, 3.8) is 0 Å². The van der Waals surface area contributed by atoms with Gasteiger partial charge in [0, 0.05) is 4.88 Å². The van der Waals surface area contributed by atoms with E-state index in [1.54, 1.807) is 0 Å². The first-order valence-electron chi connectivity index (χ1n) is 6.32. The molecule has 19 heavy (non-hydrogen) atoms. The molecule has 5 nitrogen and oxygen atoms in total. The molecule has 0 aliphatic carbocycles. The Morgan fingerprint density at radius 2 is 1.89 bits per heavy atom. The number of aromatic nitrogens is 1. The van der Waals surface area contributed by atoms with Gasteiger partial charge in [0.15, 0.2) is 0 Å². The summed E-state index contributed by atoms with van der Waals surface area (Å²) >= 11 is 1.46. The van der Waals surface area contributed by atoms with Crippen LogP contribution in [-0.4, -0.2) is 27.5 Å². The van der Waals surface area contributed by atoms with E-state index in [2.05, 4.69) is 10.3 Å². The van der Waals surface area contributed by atoms with Crippen molar-refractivity contribution in [3.05, 3.63) is 15.6 Å². The van der Waals surface area contributed by atoms with E-state index in [1.165, 1.54) is 11.3 Å². The number of amides is 1. The molecule has 106 valence electrons. The largest absolute Gasteiger partial charge is 0.481 e. The molecular formula is C13H20N2O3S. The van der Waals surface area contributed by atoms with Crippen molar-refractivity contribution in [2.24, 2.45) is 0 Å². The minimum absolute atomic E-state index is 0.0755. The van der Waals surface area contributed by atoms with Crippen LogP contribution in [0.15, 0.2) is 0 Å². The maximum absolute atomic E-state index is 12.2. The quantitative estimate of drug-likeness (QED) is 0.841. The lowest BCUT2D eigenvalue weighted by Gasteiger charge is -2.31. The monoisotopic (exact) mass is 284 g/mol. The molecule has 6 heteroatoms. The Morgan fingerprint density at radius 3 is 2.26 bits per heavy atom. The summed E-state index contributed by atoms with van der Waals surface area (Å²) in [7, 11) is 0. The summed E-state index contributed by atoms with van der Waals surface area (Å²) < 4.78 is 0. The average Bonchev–Trinajstić information content (AvgIpc) is 2.67. The van der Waals surface area contributed by atoms with Crippen LogP contribution >= 0.6 is 11.3 Å². The second-order valence-electron chi connectivity index (χ2n) is 4.65. The number of nitrogens with one attached hydrogen (secondary N) is 1. The summed E-state index contributed by atoms with van der Waals surface area (Å²) in [5.74, 6) is -1.19. The predicted octanol–water partition coefficient (Wildman–Crippen LogP) is 2.52. The highest BCUT2D eigenvalue weighted by atomic mass is 32.1. The molecule has 2 N–H and O–H groups in total. The molecule has 1 aromatic rings. The number of carboxylic acid groups (broad SMARTS) is 1. The van der Waals surface area contributed by atoms with Crippen molar-refractivity contribution in [1.29, 1.82) is 0 Å². The van der Waals surface area contributed by atoms with E-state index in [-0.39, 0.29) is 12.3 Å². The van der Waals surface area contributed by atoms with Gasteiger partial charge in [-0.1, -0.05) is 13.8 Å². The smallest absolute Gasteiger partial charge is 0.305 e. The highest BCUT2D eigenvalue weighted by molar-refractivity contribution is 7.11. The third kappa shape index (κ3) is 3.76. The molecule has 0 aromatic carbocycles. The summed E-state index contributed by atoms with van der Waals surface area (Å²) in [5.41, 5.74) is -0.300. The Hall–Kier alpha value is -1.43. The van der Waals surface area contributed by atoms with Crippen molar-refractivity contribution in [3.8, 4) is 0 Å². The van der Waals surface area contributed by atoms with Gasteiger partial charge in [-0.3, -0.25) is 9.59 Å². The zero-order valence-electron chi connectivity index (χ0n) is 11.7. The van der Waals surface area contributed by atoms with Gasteiger partial charge < -0.3 is 10.4 Å². The molecular weight excluding hydrogens is 264 g/mol. The second-order valence-corrected chi connectivity index (χ2v) is 6.06. The molecule has 1 amide bonds. The minimum atomic E-state index is -0.907. The summed E-state index contributed by atoms with van der Waals surface area (Å²) in [4.78, 5) is 28.2. The number of hydrogen-bond donors (Lipinski definition) is 2. The van der Waals surface area contributed by atoms with Crippen molar-refractivity contribution >= 4 is 23.2 Å². The number of carboxylic acids is 1. The fourth-order valence-corrected chi connectivity index (χ4v) is 2.87. The third-order valence-corrected chi connectivity index (χ3v) is 4.23. The SMILES string of the molecule is CCC(CC)(CC(=O)O)NC(=O)c1nc(C)sc1C. The predicted molar refractivity (Wildman–Crippen MR) is 74.6 cm³/mol. The fraction of sp³-hybridized carbons (Fsp3) is 0.615. The number of rotatable bonds is 6. The van der Waals surface area contributed by atoms with Crippen LogP contribution in [0.25, 0.3) is 0 Å². The molecule has 1 rings (SSSR count). The van der Waals surface area contributed by atoms with Crippen LogP contribution in [0.4, 0.5) is 0 Å². The molecule has 0 atom stereocenters. The molecule has 0 spiro atoms. The number of carbonyl (C=O) groups is 2. The average molecular weight is 284 g/mol. The fourth-order valence-electron chi connectivity index (χ4n) is 2.05. The van der Waals surface area contributed by atoms with Crippen LogP contribution in [0, 0.1) is 13.8 Å². The first-order valence-corrected chi connectivity index (χ1v) is 7.13. The maximum atomic E-state index is 12.2. The van der Waals surface area contributed by atoms with Crippen molar-refractivity contribution in [2.75, 3.05) is 0 Å². The maximum Gasteiger partial charge on any atom is 0.305 e. The Balaban J connectivity index is 2.93. The molecule has 0 aliphatic rings. The summed E-state index contributed by atoms with van der Waals surface area (Å²) in [6.45, 7) is 7.45. The summed E-state index contributed by atoms with van der Waals surface area (Å²) in [6.07, 6.45) is 1.07. The molecule has 0 saturated heterocycles. The first-order chi connectivity index (χ1) is 8.83. The Labute approximate surface area is 117 Å². The Kier molecular flexibility index (Phi) is 5.05. The van der Waals surface area contributed by atoms with Crippen molar-refractivity contribution in [2.45, 2.75) is 52.5 Å². The first kappa shape index (κ1) is 15.6. The second kappa shape index (κ2) is 6.14. The number of carbonyl (C=O) groups excluding carboxylic acids is 1. The highest BCUT2D eigenvalue weighted by Gasteiger charge is 2.32. The summed E-state index contributed by atoms with van der Waals surface area (Å²) in [6, 6.07) is 0. The van der Waals surface area contributed by atoms with Gasteiger partial charge in [-0.15, -0.1) is 11.3 Å². The Morgan fingerprint density at radius 1 is 1.32 bits per heavy atom. The van der Waals surface area contributed by atoms with Crippen LogP contribution in [0.3, 0.4) is 0 Å².